The van der Waals surface area contributed by atoms with E-state index in [1.54, 1.807) is 30.3 Å². The highest BCUT2D eigenvalue weighted by molar-refractivity contribution is 7.80. The van der Waals surface area contributed by atoms with Crippen LogP contribution in [0.5, 0.6) is 0 Å². The molecule has 214 valence electrons. The van der Waals surface area contributed by atoms with Gasteiger partial charge in [-0.3, -0.25) is 28.5 Å². The lowest BCUT2D eigenvalue weighted by Crippen LogP contribution is -2.61. The van der Waals surface area contributed by atoms with Crippen molar-refractivity contribution in [2.75, 3.05) is 6.61 Å². The molecule has 1 aromatic heterocycles. The van der Waals surface area contributed by atoms with Gasteiger partial charge in [-0.25, -0.2) is 0 Å². The number of nitriles is 2. The number of carbonyl (C=O) groups excluding carboxylic acids is 4. The number of benzene rings is 1. The fourth-order valence-corrected chi connectivity index (χ4v) is 4.80. The van der Waals surface area contributed by atoms with Crippen LogP contribution in [-0.4, -0.2) is 59.5 Å². The summed E-state index contributed by atoms with van der Waals surface area (Å²) >= 11 is 4.43. The van der Waals surface area contributed by atoms with E-state index in [-0.39, 0.29) is 16.2 Å². The van der Waals surface area contributed by atoms with E-state index in [1.807, 2.05) is 12.1 Å². The van der Waals surface area contributed by atoms with Crippen LogP contribution in [0.3, 0.4) is 0 Å². The van der Waals surface area contributed by atoms with Gasteiger partial charge in [0.15, 0.2) is 24.5 Å². The Bertz CT molecular complexity index is 1510. The first-order valence-corrected chi connectivity index (χ1v) is 12.5. The summed E-state index contributed by atoms with van der Waals surface area (Å²) in [4.78, 5) is 61.8. The second-order valence-electron chi connectivity index (χ2n) is 8.80. The predicted octanol–water partition coefficient (Wildman–Crippen LogP) is 1.80. The van der Waals surface area contributed by atoms with E-state index in [4.69, 9.17) is 23.7 Å². The second-order valence-corrected chi connectivity index (χ2v) is 9.23. The van der Waals surface area contributed by atoms with Gasteiger partial charge in [0.25, 0.3) is 5.56 Å². The molecule has 13 nitrogen and oxygen atoms in total. The van der Waals surface area contributed by atoms with Crippen LogP contribution in [0.15, 0.2) is 40.2 Å². The highest BCUT2D eigenvalue weighted by atomic mass is 32.1. The molecule has 1 fully saturated rings. The van der Waals surface area contributed by atoms with E-state index >= 15 is 0 Å². The van der Waals surface area contributed by atoms with Crippen LogP contribution < -0.4 is 5.56 Å². The summed E-state index contributed by atoms with van der Waals surface area (Å²) in [6.45, 7) is 3.73. The average Bonchev–Trinajstić information content (AvgIpc) is 2.90. The number of thiol groups is 1. The monoisotopic (exact) mass is 583 g/mol. The number of nitrogens with zero attached hydrogens (tertiary/aromatic N) is 3. The number of ether oxygens (including phenoxy) is 5. The minimum atomic E-state index is -1.69. The molecular formula is C27H25N3O10S. The minimum Gasteiger partial charge on any atom is -0.463 e. The van der Waals surface area contributed by atoms with E-state index < -0.39 is 72.3 Å². The number of pyridine rings is 1. The first-order chi connectivity index (χ1) is 19.4. The van der Waals surface area contributed by atoms with Crippen molar-refractivity contribution < 1.29 is 42.9 Å². The summed E-state index contributed by atoms with van der Waals surface area (Å²) in [5.74, 6) is -3.32. The smallest absolute Gasteiger partial charge is 0.303 e. The lowest BCUT2D eigenvalue weighted by molar-refractivity contribution is -0.270. The van der Waals surface area contributed by atoms with E-state index in [0.717, 1.165) is 32.3 Å². The van der Waals surface area contributed by atoms with Gasteiger partial charge in [0.1, 0.15) is 30.4 Å². The maximum absolute atomic E-state index is 13.9. The van der Waals surface area contributed by atoms with Gasteiger partial charge in [-0.15, -0.1) is 12.6 Å². The largest absolute Gasteiger partial charge is 0.463 e. The molecule has 14 heteroatoms. The number of hydrogen-bond acceptors (Lipinski definition) is 13. The zero-order valence-electron chi connectivity index (χ0n) is 22.4. The predicted molar refractivity (Wildman–Crippen MR) is 140 cm³/mol. The highest BCUT2D eigenvalue weighted by Gasteiger charge is 2.53. The van der Waals surface area contributed by atoms with E-state index in [9.17, 15) is 34.5 Å². The Balaban J connectivity index is 2.35. The molecule has 41 heavy (non-hydrogen) atoms. The number of esters is 4. The summed E-state index contributed by atoms with van der Waals surface area (Å²) in [6, 6.07) is 12.0. The molecule has 0 radical (unpaired) electrons. The van der Waals surface area contributed by atoms with Gasteiger partial charge in [0.2, 0.25) is 0 Å². The molecule has 0 spiro atoms. The normalized spacial score (nSPS) is 21.5. The summed E-state index contributed by atoms with van der Waals surface area (Å²) in [5, 5.41) is 19.8. The Morgan fingerprint density at radius 3 is 1.90 bits per heavy atom. The molecule has 0 N–H and O–H groups in total. The van der Waals surface area contributed by atoms with Gasteiger partial charge in [0.05, 0.1) is 10.6 Å². The third-order valence-electron chi connectivity index (χ3n) is 5.89. The maximum atomic E-state index is 13.9. The topological polar surface area (TPSA) is 184 Å². The van der Waals surface area contributed by atoms with Crippen molar-refractivity contribution in [3.05, 3.63) is 51.8 Å². The Morgan fingerprint density at radius 2 is 1.39 bits per heavy atom. The van der Waals surface area contributed by atoms with Crippen LogP contribution in [0.2, 0.25) is 0 Å². The van der Waals surface area contributed by atoms with E-state index in [2.05, 4.69) is 12.6 Å². The zero-order valence-corrected chi connectivity index (χ0v) is 23.2. The molecule has 1 saturated heterocycles. The fourth-order valence-electron chi connectivity index (χ4n) is 4.43. The standard InChI is InChI=1S/C27H25N3O10S/c1-13(31)36-12-20-22(37-14(2)32)23(38-15(3)33)24(39-16(4)34)26(40-20)30-25(35)18(10-28)21(19(11-29)27(30)41)17-8-6-5-7-9-17/h5-9,20,22-24,26,41H,12H2,1-4H3/t20-,22+,23-,24-,26+/m0/s1. The number of aromatic nitrogens is 1. The van der Waals surface area contributed by atoms with Crippen LogP contribution in [-0.2, 0) is 42.9 Å². The van der Waals surface area contributed by atoms with Crippen molar-refractivity contribution >= 4 is 36.5 Å². The Hall–Kier alpha value is -4.66. The van der Waals surface area contributed by atoms with Crippen molar-refractivity contribution in [2.24, 2.45) is 0 Å². The lowest BCUT2D eigenvalue weighted by atomic mass is 9.95. The van der Waals surface area contributed by atoms with Gasteiger partial charge in [-0.2, -0.15) is 10.5 Å². The Morgan fingerprint density at radius 1 is 0.854 bits per heavy atom. The van der Waals surface area contributed by atoms with Crippen LogP contribution in [0.1, 0.15) is 45.0 Å². The molecular weight excluding hydrogens is 558 g/mol. The van der Waals surface area contributed by atoms with Gasteiger partial charge in [-0.05, 0) is 5.56 Å². The molecule has 1 aliphatic rings. The molecule has 2 aromatic rings. The van der Waals surface area contributed by atoms with Gasteiger partial charge >= 0.3 is 23.9 Å². The third-order valence-corrected chi connectivity index (χ3v) is 6.33. The number of hydrogen-bond donors (Lipinski definition) is 1. The third kappa shape index (κ3) is 6.74. The second kappa shape index (κ2) is 13.1. The average molecular weight is 584 g/mol. The lowest BCUT2D eigenvalue weighted by Gasteiger charge is -2.45. The van der Waals surface area contributed by atoms with Gasteiger partial charge in [-0.1, -0.05) is 30.3 Å². The highest BCUT2D eigenvalue weighted by Crippen LogP contribution is 2.38. The first-order valence-electron chi connectivity index (χ1n) is 12.1. The molecule has 0 amide bonds. The Kier molecular flexibility index (Phi) is 9.89. The SMILES string of the molecule is CC(=O)OC[C@@H]1O[C@@H](n2c(S)c(C#N)c(-c3ccccc3)c(C#N)c2=O)[C@@H](OC(C)=O)[C@@H](OC(C)=O)[C@@H]1OC(C)=O. The first kappa shape index (κ1) is 30.9. The molecule has 1 aliphatic heterocycles. The van der Waals surface area contributed by atoms with E-state index in [1.165, 1.54) is 0 Å². The molecule has 0 bridgehead atoms. The summed E-state index contributed by atoms with van der Waals surface area (Å²) in [7, 11) is 0. The zero-order chi connectivity index (χ0) is 30.4. The number of carbonyl (C=O) groups is 4. The molecule has 2 heterocycles. The van der Waals surface area contributed by atoms with Crippen LogP contribution in [0.4, 0.5) is 0 Å². The molecule has 1 aromatic carbocycles. The maximum Gasteiger partial charge on any atom is 0.303 e. The quantitative estimate of drug-likeness (QED) is 0.284. The molecule has 0 unspecified atom stereocenters. The van der Waals surface area contributed by atoms with Crippen LogP contribution in [0, 0.1) is 22.7 Å². The van der Waals surface area contributed by atoms with Crippen molar-refractivity contribution in [1.82, 2.24) is 4.57 Å². The molecule has 0 saturated carbocycles. The molecule has 5 atom stereocenters. The van der Waals surface area contributed by atoms with E-state index in [0.29, 0.717) is 5.56 Å². The summed E-state index contributed by atoms with van der Waals surface area (Å²) in [5.41, 5.74) is -1.19. The fraction of sp³-hybridized carbons (Fsp3) is 0.370. The van der Waals surface area contributed by atoms with Crippen molar-refractivity contribution in [3.63, 3.8) is 0 Å². The number of rotatable bonds is 7. The Labute approximate surface area is 239 Å². The van der Waals surface area contributed by atoms with Crippen LogP contribution in [0.25, 0.3) is 11.1 Å². The summed E-state index contributed by atoms with van der Waals surface area (Å²) < 4.78 is 28.1. The van der Waals surface area contributed by atoms with Crippen molar-refractivity contribution in [3.8, 4) is 23.3 Å². The van der Waals surface area contributed by atoms with Crippen molar-refractivity contribution in [1.29, 1.82) is 10.5 Å². The van der Waals surface area contributed by atoms with Gasteiger partial charge < -0.3 is 23.7 Å². The summed E-state index contributed by atoms with van der Waals surface area (Å²) in [6.07, 6.45) is -7.76. The molecule has 3 rings (SSSR count). The van der Waals surface area contributed by atoms with Crippen LogP contribution >= 0.6 is 12.6 Å². The minimum absolute atomic E-state index is 0.0208. The van der Waals surface area contributed by atoms with Crippen molar-refractivity contribution in [2.45, 2.75) is 63.4 Å². The molecule has 0 aliphatic carbocycles. The van der Waals surface area contributed by atoms with Gasteiger partial charge in [0, 0.05) is 33.3 Å².